The number of hydrogen-bond acceptors (Lipinski definition) is 6. The van der Waals surface area contributed by atoms with E-state index in [9.17, 15) is 5.26 Å². The van der Waals surface area contributed by atoms with Crippen LogP contribution in [0.2, 0.25) is 0 Å². The van der Waals surface area contributed by atoms with Crippen LogP contribution < -0.4 is 10.1 Å². The van der Waals surface area contributed by atoms with Crippen molar-refractivity contribution in [3.63, 3.8) is 0 Å². The van der Waals surface area contributed by atoms with Gasteiger partial charge in [-0.3, -0.25) is 0 Å². The van der Waals surface area contributed by atoms with E-state index in [1.165, 1.54) is 11.3 Å². The molecule has 0 spiro atoms. The van der Waals surface area contributed by atoms with Crippen molar-refractivity contribution in [2.75, 3.05) is 7.11 Å². The summed E-state index contributed by atoms with van der Waals surface area (Å²) in [6.07, 6.45) is 0. The number of rotatable bonds is 3. The maximum Gasteiger partial charge on any atom is 0.195 e. The van der Waals surface area contributed by atoms with Gasteiger partial charge in [-0.1, -0.05) is 17.4 Å². The van der Waals surface area contributed by atoms with Gasteiger partial charge in [-0.2, -0.15) is 5.26 Å². The quantitative estimate of drug-likeness (QED) is 0.835. The second-order valence-corrected chi connectivity index (χ2v) is 7.10. The Balaban J connectivity index is 2.27. The van der Waals surface area contributed by atoms with Crippen LogP contribution in [0.3, 0.4) is 0 Å². The van der Waals surface area contributed by atoms with E-state index in [1.54, 1.807) is 19.2 Å². The Bertz CT molecular complexity index is 1020. The fourth-order valence-corrected chi connectivity index (χ4v) is 3.97. The minimum Gasteiger partial charge on any atom is -0.496 e. The second-order valence-electron chi connectivity index (χ2n) is 5.91. The standard InChI is InChI=1S/C19H17N5OS/c1-10-16(19-24-23-12(3)26-19)17(18(21-4)11(2)22-10)14-7-6-13(9-20)8-15(14)25-5/h6-8,17,22H,1-3,5H3. The third-order valence-electron chi connectivity index (χ3n) is 4.28. The van der Waals surface area contributed by atoms with Crippen LogP contribution in [0.15, 0.2) is 35.3 Å². The summed E-state index contributed by atoms with van der Waals surface area (Å²) in [5.74, 6) is 0.250. The summed E-state index contributed by atoms with van der Waals surface area (Å²) in [6.45, 7) is 13.5. The molecular formula is C19H17N5OS. The molecule has 1 aromatic heterocycles. The van der Waals surface area contributed by atoms with Crippen molar-refractivity contribution in [3.8, 4) is 11.8 Å². The molecule has 0 saturated heterocycles. The Kier molecular flexibility index (Phi) is 4.75. The molecule has 2 heterocycles. The first-order chi connectivity index (χ1) is 12.5. The lowest BCUT2D eigenvalue weighted by atomic mass is 9.83. The number of benzene rings is 1. The van der Waals surface area contributed by atoms with Crippen molar-refractivity contribution in [1.29, 1.82) is 5.26 Å². The Morgan fingerprint density at radius 1 is 1.27 bits per heavy atom. The molecular weight excluding hydrogens is 346 g/mol. The van der Waals surface area contributed by atoms with Crippen molar-refractivity contribution in [2.24, 2.45) is 0 Å². The van der Waals surface area contributed by atoms with Crippen molar-refractivity contribution >= 4 is 16.9 Å². The van der Waals surface area contributed by atoms with E-state index >= 15 is 0 Å². The summed E-state index contributed by atoms with van der Waals surface area (Å²) in [5.41, 5.74) is 4.58. The van der Waals surface area contributed by atoms with E-state index in [-0.39, 0.29) is 5.92 Å². The van der Waals surface area contributed by atoms with Crippen LogP contribution in [0.4, 0.5) is 0 Å². The van der Waals surface area contributed by atoms with E-state index < -0.39 is 0 Å². The van der Waals surface area contributed by atoms with Crippen molar-refractivity contribution in [1.82, 2.24) is 15.5 Å². The first kappa shape index (κ1) is 17.7. The van der Waals surface area contributed by atoms with E-state index in [4.69, 9.17) is 11.3 Å². The molecule has 3 rings (SSSR count). The Labute approximate surface area is 156 Å². The van der Waals surface area contributed by atoms with Crippen molar-refractivity contribution in [2.45, 2.75) is 26.7 Å². The number of allylic oxidation sites excluding steroid dienone is 3. The van der Waals surface area contributed by atoms with Gasteiger partial charge in [0.05, 0.1) is 31.2 Å². The third kappa shape index (κ3) is 2.94. The van der Waals surface area contributed by atoms with Gasteiger partial charge in [0.15, 0.2) is 5.70 Å². The number of ether oxygens (including phenoxy) is 1. The van der Waals surface area contributed by atoms with Crippen LogP contribution in [0, 0.1) is 24.8 Å². The van der Waals surface area contributed by atoms with Gasteiger partial charge < -0.3 is 10.1 Å². The molecule has 0 radical (unpaired) electrons. The Morgan fingerprint density at radius 2 is 2.04 bits per heavy atom. The van der Waals surface area contributed by atoms with Crippen LogP contribution in [0.5, 0.6) is 5.75 Å². The van der Waals surface area contributed by atoms with Crippen LogP contribution in [-0.4, -0.2) is 17.3 Å². The molecule has 26 heavy (non-hydrogen) atoms. The van der Waals surface area contributed by atoms with Crippen LogP contribution >= 0.6 is 11.3 Å². The lowest BCUT2D eigenvalue weighted by Crippen LogP contribution is -2.23. The monoisotopic (exact) mass is 363 g/mol. The molecule has 130 valence electrons. The molecule has 0 aliphatic carbocycles. The summed E-state index contributed by atoms with van der Waals surface area (Å²) < 4.78 is 5.54. The van der Waals surface area contributed by atoms with Crippen LogP contribution in [-0.2, 0) is 0 Å². The van der Waals surface area contributed by atoms with Gasteiger partial charge in [0.2, 0.25) is 0 Å². The summed E-state index contributed by atoms with van der Waals surface area (Å²) >= 11 is 1.49. The zero-order chi connectivity index (χ0) is 18.8. The minimum absolute atomic E-state index is 0.330. The molecule has 1 atom stereocenters. The molecule has 1 unspecified atom stereocenters. The first-order valence-electron chi connectivity index (χ1n) is 7.94. The summed E-state index contributed by atoms with van der Waals surface area (Å²) in [7, 11) is 1.57. The number of nitriles is 1. The highest BCUT2D eigenvalue weighted by Gasteiger charge is 2.34. The summed E-state index contributed by atoms with van der Waals surface area (Å²) in [6, 6.07) is 7.42. The largest absolute Gasteiger partial charge is 0.496 e. The molecule has 7 heteroatoms. The smallest absolute Gasteiger partial charge is 0.195 e. The van der Waals surface area contributed by atoms with Gasteiger partial charge in [0.1, 0.15) is 15.8 Å². The van der Waals surface area contributed by atoms with E-state index in [1.807, 2.05) is 26.8 Å². The average molecular weight is 363 g/mol. The van der Waals surface area contributed by atoms with Crippen molar-refractivity contribution in [3.05, 3.63) is 67.8 Å². The molecule has 0 fully saturated rings. The van der Waals surface area contributed by atoms with E-state index in [2.05, 4.69) is 26.4 Å². The SMILES string of the molecule is [C-]#[N+]C1=C(C)NC(C)=C(c2nnc(C)s2)C1c1ccc(C#N)cc1OC. The van der Waals surface area contributed by atoms with Gasteiger partial charge in [0, 0.05) is 17.0 Å². The summed E-state index contributed by atoms with van der Waals surface area (Å²) in [5, 5.41) is 22.5. The zero-order valence-corrected chi connectivity index (χ0v) is 15.7. The molecule has 1 aliphatic heterocycles. The fraction of sp³-hybridized carbons (Fsp3) is 0.263. The zero-order valence-electron chi connectivity index (χ0n) is 14.9. The molecule has 0 bridgehead atoms. The Morgan fingerprint density at radius 3 is 2.62 bits per heavy atom. The number of nitrogens with one attached hydrogen (secondary N) is 1. The van der Waals surface area contributed by atoms with Crippen LogP contribution in [0.25, 0.3) is 10.4 Å². The molecule has 1 N–H and O–H groups in total. The van der Waals surface area contributed by atoms with E-state index in [0.717, 1.165) is 32.5 Å². The number of aryl methyl sites for hydroxylation is 1. The maximum absolute atomic E-state index is 9.17. The van der Waals surface area contributed by atoms with Gasteiger partial charge in [-0.25, -0.2) is 4.85 Å². The number of hydrogen-bond donors (Lipinski definition) is 1. The summed E-state index contributed by atoms with van der Waals surface area (Å²) in [4.78, 5) is 3.79. The molecule has 6 nitrogen and oxygen atoms in total. The average Bonchev–Trinajstić information content (AvgIpc) is 3.06. The van der Waals surface area contributed by atoms with Gasteiger partial charge in [-0.15, -0.1) is 10.2 Å². The number of nitrogens with zero attached hydrogens (tertiary/aromatic N) is 4. The predicted octanol–water partition coefficient (Wildman–Crippen LogP) is 4.00. The minimum atomic E-state index is -0.330. The topological polar surface area (TPSA) is 75.2 Å². The van der Waals surface area contributed by atoms with E-state index in [0.29, 0.717) is 17.0 Å². The normalized spacial score (nSPS) is 16.8. The number of aromatic nitrogens is 2. The fourth-order valence-electron chi connectivity index (χ4n) is 3.14. The first-order valence-corrected chi connectivity index (χ1v) is 8.76. The lowest BCUT2D eigenvalue weighted by molar-refractivity contribution is 0.409. The lowest BCUT2D eigenvalue weighted by Gasteiger charge is -2.29. The van der Waals surface area contributed by atoms with Gasteiger partial charge in [-0.05, 0) is 38.5 Å². The molecule has 0 amide bonds. The molecule has 2 aromatic rings. The number of methoxy groups -OCH3 is 1. The molecule has 1 aromatic carbocycles. The van der Waals surface area contributed by atoms with Crippen LogP contribution in [0.1, 0.15) is 40.9 Å². The third-order valence-corrected chi connectivity index (χ3v) is 5.15. The van der Waals surface area contributed by atoms with Gasteiger partial charge >= 0.3 is 0 Å². The highest BCUT2D eigenvalue weighted by molar-refractivity contribution is 7.12. The molecule has 1 aliphatic rings. The highest BCUT2D eigenvalue weighted by atomic mass is 32.1. The molecule has 0 saturated carbocycles. The highest BCUT2D eigenvalue weighted by Crippen LogP contribution is 2.47. The second kappa shape index (κ2) is 6.99. The van der Waals surface area contributed by atoms with Gasteiger partial charge in [0.25, 0.3) is 0 Å². The van der Waals surface area contributed by atoms with Crippen molar-refractivity contribution < 1.29 is 4.74 Å². The maximum atomic E-state index is 9.17. The Hall–Kier alpha value is -3.16. The number of dihydropyridines is 1. The predicted molar refractivity (Wildman–Crippen MR) is 100 cm³/mol.